The number of imide groups is 1. The van der Waals surface area contributed by atoms with Crippen LogP contribution in [0.5, 0.6) is 0 Å². The van der Waals surface area contributed by atoms with Crippen LogP contribution in [0.25, 0.3) is 0 Å². The SMILES string of the molecule is CC(NC(=O)CN1C(=O)NC2(CCCc3ccccc32)C1=O)c1ccc(S(C)(=O)=O)cc1. The molecule has 2 atom stereocenters. The molecule has 1 saturated heterocycles. The molecule has 2 aromatic rings. The molecular weight excluding hydrogens is 430 g/mol. The number of urea groups is 1. The van der Waals surface area contributed by atoms with Crippen molar-refractivity contribution in [1.82, 2.24) is 15.5 Å². The van der Waals surface area contributed by atoms with E-state index in [9.17, 15) is 22.8 Å². The summed E-state index contributed by atoms with van der Waals surface area (Å²) in [5.41, 5.74) is 1.43. The van der Waals surface area contributed by atoms with Crippen LogP contribution in [0.4, 0.5) is 4.79 Å². The molecule has 4 amide bonds. The van der Waals surface area contributed by atoms with Crippen molar-refractivity contribution in [3.63, 3.8) is 0 Å². The molecule has 0 saturated carbocycles. The zero-order chi connectivity index (χ0) is 23.1. The molecule has 2 aliphatic rings. The molecule has 1 aliphatic carbocycles. The molecule has 168 valence electrons. The van der Waals surface area contributed by atoms with Crippen molar-refractivity contribution in [1.29, 1.82) is 0 Å². The van der Waals surface area contributed by atoms with Gasteiger partial charge in [0.2, 0.25) is 5.91 Å². The Morgan fingerprint density at radius 2 is 1.84 bits per heavy atom. The molecule has 0 bridgehead atoms. The summed E-state index contributed by atoms with van der Waals surface area (Å²) in [5, 5.41) is 5.61. The average Bonchev–Trinajstić information content (AvgIpc) is 2.98. The van der Waals surface area contributed by atoms with Crippen molar-refractivity contribution in [2.24, 2.45) is 0 Å². The number of nitrogens with zero attached hydrogens (tertiary/aromatic N) is 1. The van der Waals surface area contributed by atoms with Gasteiger partial charge in [0, 0.05) is 6.26 Å². The van der Waals surface area contributed by atoms with E-state index in [2.05, 4.69) is 10.6 Å². The van der Waals surface area contributed by atoms with Crippen LogP contribution < -0.4 is 10.6 Å². The standard InChI is InChI=1S/C23H25N3O5S/c1-15(16-9-11-18(12-10-16)32(2,30)31)24-20(27)14-26-21(28)23(25-22(26)29)13-5-7-17-6-3-4-8-19(17)23/h3-4,6,8-12,15H,5,7,13-14H2,1-2H3,(H,24,27)(H,25,29). The molecule has 2 aromatic carbocycles. The Hall–Kier alpha value is -3.20. The fourth-order valence-electron chi connectivity index (χ4n) is 4.47. The van der Waals surface area contributed by atoms with Gasteiger partial charge in [0.1, 0.15) is 12.1 Å². The van der Waals surface area contributed by atoms with Gasteiger partial charge in [-0.15, -0.1) is 0 Å². The van der Waals surface area contributed by atoms with Gasteiger partial charge in [-0.25, -0.2) is 13.2 Å². The van der Waals surface area contributed by atoms with E-state index in [4.69, 9.17) is 0 Å². The van der Waals surface area contributed by atoms with Crippen LogP contribution >= 0.6 is 0 Å². The average molecular weight is 456 g/mol. The van der Waals surface area contributed by atoms with Crippen LogP contribution in [0.2, 0.25) is 0 Å². The maximum absolute atomic E-state index is 13.3. The number of amides is 4. The molecule has 4 rings (SSSR count). The first kappa shape index (κ1) is 22.0. The van der Waals surface area contributed by atoms with Gasteiger partial charge in [0.25, 0.3) is 5.91 Å². The maximum atomic E-state index is 13.3. The largest absolute Gasteiger partial charge is 0.348 e. The monoisotopic (exact) mass is 455 g/mol. The lowest BCUT2D eigenvalue weighted by Crippen LogP contribution is -2.47. The minimum atomic E-state index is -3.31. The van der Waals surface area contributed by atoms with Gasteiger partial charge < -0.3 is 10.6 Å². The maximum Gasteiger partial charge on any atom is 0.325 e. The van der Waals surface area contributed by atoms with Crippen LogP contribution in [-0.2, 0) is 31.4 Å². The van der Waals surface area contributed by atoms with Crippen LogP contribution in [0.3, 0.4) is 0 Å². The number of hydrogen-bond acceptors (Lipinski definition) is 5. The lowest BCUT2D eigenvalue weighted by atomic mass is 9.76. The van der Waals surface area contributed by atoms with E-state index in [-0.39, 0.29) is 11.4 Å². The summed E-state index contributed by atoms with van der Waals surface area (Å²) in [6, 6.07) is 12.8. The Labute approximate surface area is 186 Å². The van der Waals surface area contributed by atoms with Gasteiger partial charge in [0.15, 0.2) is 9.84 Å². The number of nitrogens with one attached hydrogen (secondary N) is 2. The minimum absolute atomic E-state index is 0.192. The summed E-state index contributed by atoms with van der Waals surface area (Å²) in [6.45, 7) is 1.36. The van der Waals surface area contributed by atoms with E-state index in [0.29, 0.717) is 12.0 Å². The van der Waals surface area contributed by atoms with Gasteiger partial charge in [0.05, 0.1) is 10.9 Å². The Kier molecular flexibility index (Phi) is 5.54. The molecule has 0 aromatic heterocycles. The molecular formula is C23H25N3O5S. The van der Waals surface area contributed by atoms with Crippen molar-refractivity contribution >= 4 is 27.7 Å². The zero-order valence-electron chi connectivity index (χ0n) is 17.9. The predicted molar refractivity (Wildman–Crippen MR) is 117 cm³/mol. The molecule has 1 fully saturated rings. The van der Waals surface area contributed by atoms with Crippen molar-refractivity contribution in [3.8, 4) is 0 Å². The van der Waals surface area contributed by atoms with Gasteiger partial charge in [-0.1, -0.05) is 36.4 Å². The van der Waals surface area contributed by atoms with Gasteiger partial charge >= 0.3 is 6.03 Å². The smallest absolute Gasteiger partial charge is 0.325 e. The number of rotatable bonds is 5. The molecule has 9 heteroatoms. The Bertz CT molecular complexity index is 1190. The number of carbonyl (C=O) groups is 3. The lowest BCUT2D eigenvalue weighted by Gasteiger charge is -2.33. The van der Waals surface area contributed by atoms with Crippen molar-refractivity contribution in [2.75, 3.05) is 12.8 Å². The van der Waals surface area contributed by atoms with Crippen LogP contribution in [-0.4, -0.2) is 44.0 Å². The second-order valence-electron chi connectivity index (χ2n) is 8.37. The first-order valence-electron chi connectivity index (χ1n) is 10.4. The van der Waals surface area contributed by atoms with E-state index in [1.165, 1.54) is 12.1 Å². The summed E-state index contributed by atoms with van der Waals surface area (Å²) < 4.78 is 23.2. The topological polar surface area (TPSA) is 113 Å². The molecule has 1 spiro atoms. The molecule has 2 unspecified atom stereocenters. The third-order valence-electron chi connectivity index (χ3n) is 6.14. The van der Waals surface area contributed by atoms with Crippen molar-refractivity contribution < 1.29 is 22.8 Å². The number of aryl methyl sites for hydroxylation is 1. The number of carbonyl (C=O) groups excluding carboxylic acids is 3. The number of benzene rings is 2. The highest BCUT2D eigenvalue weighted by Gasteiger charge is 2.54. The molecule has 32 heavy (non-hydrogen) atoms. The van der Waals surface area contributed by atoms with E-state index in [1.807, 2.05) is 24.3 Å². The molecule has 1 aliphatic heterocycles. The molecule has 1 heterocycles. The van der Waals surface area contributed by atoms with E-state index in [0.717, 1.165) is 35.1 Å². The highest BCUT2D eigenvalue weighted by atomic mass is 32.2. The minimum Gasteiger partial charge on any atom is -0.348 e. The highest BCUT2D eigenvalue weighted by molar-refractivity contribution is 7.90. The second-order valence-corrected chi connectivity index (χ2v) is 10.4. The van der Waals surface area contributed by atoms with Gasteiger partial charge in [-0.05, 0) is 55.0 Å². The van der Waals surface area contributed by atoms with E-state index in [1.54, 1.807) is 19.1 Å². The van der Waals surface area contributed by atoms with E-state index < -0.39 is 39.3 Å². The number of sulfone groups is 1. The lowest BCUT2D eigenvalue weighted by molar-refractivity contribution is -0.135. The fourth-order valence-corrected chi connectivity index (χ4v) is 5.10. The summed E-state index contributed by atoms with van der Waals surface area (Å²) in [4.78, 5) is 39.7. The quantitative estimate of drug-likeness (QED) is 0.670. The number of hydrogen-bond donors (Lipinski definition) is 2. The van der Waals surface area contributed by atoms with Crippen LogP contribution in [0, 0.1) is 0 Å². The van der Waals surface area contributed by atoms with Crippen molar-refractivity contribution in [2.45, 2.75) is 42.7 Å². The predicted octanol–water partition coefficient (Wildman–Crippen LogP) is 2.05. The number of fused-ring (bicyclic) bond motifs is 2. The fraction of sp³-hybridized carbons (Fsp3) is 0.348. The van der Waals surface area contributed by atoms with Crippen LogP contribution in [0.15, 0.2) is 53.4 Å². The molecule has 0 radical (unpaired) electrons. The Morgan fingerprint density at radius 1 is 1.16 bits per heavy atom. The van der Waals surface area contributed by atoms with E-state index >= 15 is 0 Å². The first-order chi connectivity index (χ1) is 15.1. The van der Waals surface area contributed by atoms with Gasteiger partial charge in [-0.2, -0.15) is 0 Å². The first-order valence-corrected chi connectivity index (χ1v) is 12.3. The third kappa shape index (κ3) is 3.88. The van der Waals surface area contributed by atoms with Crippen molar-refractivity contribution in [3.05, 3.63) is 65.2 Å². The molecule has 2 N–H and O–H groups in total. The second kappa shape index (κ2) is 8.05. The molecule has 8 nitrogen and oxygen atoms in total. The summed E-state index contributed by atoms with van der Waals surface area (Å²) in [6.07, 6.45) is 3.24. The normalized spacial score (nSPS) is 21.2. The Balaban J connectivity index is 1.46. The Morgan fingerprint density at radius 3 is 2.53 bits per heavy atom. The zero-order valence-corrected chi connectivity index (χ0v) is 18.7. The summed E-state index contributed by atoms with van der Waals surface area (Å²) in [5.74, 6) is -0.885. The summed E-state index contributed by atoms with van der Waals surface area (Å²) >= 11 is 0. The third-order valence-corrected chi connectivity index (χ3v) is 7.27. The van der Waals surface area contributed by atoms with Gasteiger partial charge in [-0.3, -0.25) is 14.5 Å². The highest BCUT2D eigenvalue weighted by Crippen LogP contribution is 2.39. The van der Waals surface area contributed by atoms with Crippen LogP contribution in [0.1, 0.15) is 42.5 Å². The summed E-state index contributed by atoms with van der Waals surface area (Å²) in [7, 11) is -3.31.